The van der Waals surface area contributed by atoms with E-state index in [1.807, 2.05) is 30.3 Å². The van der Waals surface area contributed by atoms with E-state index >= 15 is 0 Å². The summed E-state index contributed by atoms with van der Waals surface area (Å²) in [4.78, 5) is 2.42. The Balaban J connectivity index is 2.07. The smallest absolute Gasteiger partial charge is 0.0998 e. The number of likely N-dealkylation sites (N-methyl/N-ethyl adjacent to an activating group) is 1. The van der Waals surface area contributed by atoms with Crippen LogP contribution in [-0.2, 0) is 0 Å². The molecule has 0 spiro atoms. The van der Waals surface area contributed by atoms with Crippen LogP contribution in [0, 0.1) is 11.3 Å². The summed E-state index contributed by atoms with van der Waals surface area (Å²) in [7, 11) is 0. The minimum absolute atomic E-state index is 0.0112. The number of benzene rings is 2. The average Bonchev–Trinajstić information content (AvgIpc) is 2.59. The number of rotatable bonds is 3. The van der Waals surface area contributed by atoms with Crippen LogP contribution < -0.4 is 4.90 Å². The number of halogens is 1. The van der Waals surface area contributed by atoms with E-state index in [1.54, 1.807) is 0 Å². The van der Waals surface area contributed by atoms with Gasteiger partial charge in [0.15, 0.2) is 0 Å². The highest BCUT2D eigenvalue weighted by molar-refractivity contribution is 9.10. The van der Waals surface area contributed by atoms with Gasteiger partial charge in [-0.25, -0.2) is 0 Å². The summed E-state index contributed by atoms with van der Waals surface area (Å²) in [5.41, 5.74) is 6.42. The van der Waals surface area contributed by atoms with Gasteiger partial charge in [0, 0.05) is 22.3 Å². The second-order valence-electron chi connectivity index (χ2n) is 7.18. The van der Waals surface area contributed by atoms with Crippen LogP contribution in [-0.4, -0.2) is 12.1 Å². The number of hydrogen-bond donors (Lipinski definition) is 0. The lowest BCUT2D eigenvalue weighted by atomic mass is 9.88. The van der Waals surface area contributed by atoms with Crippen LogP contribution in [0.3, 0.4) is 0 Å². The second-order valence-corrected chi connectivity index (χ2v) is 8.10. The third-order valence-electron chi connectivity index (χ3n) is 4.88. The highest BCUT2D eigenvalue weighted by Gasteiger charge is 2.29. The summed E-state index contributed by atoms with van der Waals surface area (Å²) in [6.07, 6.45) is 4.29. The van der Waals surface area contributed by atoms with Crippen LogP contribution in [0.1, 0.15) is 44.4 Å². The monoisotopic (exact) mass is 406 g/mol. The molecule has 0 fully saturated rings. The van der Waals surface area contributed by atoms with E-state index in [-0.39, 0.29) is 5.54 Å². The van der Waals surface area contributed by atoms with Crippen LogP contribution in [0.25, 0.3) is 17.2 Å². The van der Waals surface area contributed by atoms with Crippen LogP contribution in [0.2, 0.25) is 0 Å². The fourth-order valence-corrected chi connectivity index (χ4v) is 4.17. The van der Waals surface area contributed by atoms with E-state index in [1.165, 1.54) is 16.8 Å². The molecule has 2 nitrogen and oxygen atoms in total. The predicted octanol–water partition coefficient (Wildman–Crippen LogP) is 6.54. The molecule has 2 aromatic carbocycles. The molecule has 0 aromatic heterocycles. The fourth-order valence-electron chi connectivity index (χ4n) is 3.77. The Hall–Kier alpha value is -2.31. The Morgan fingerprint density at radius 2 is 2.00 bits per heavy atom. The van der Waals surface area contributed by atoms with E-state index in [0.29, 0.717) is 5.57 Å². The predicted molar refractivity (Wildman–Crippen MR) is 115 cm³/mol. The van der Waals surface area contributed by atoms with Crippen molar-refractivity contribution in [2.24, 2.45) is 0 Å². The van der Waals surface area contributed by atoms with Crippen LogP contribution in [0.4, 0.5) is 5.69 Å². The molecule has 0 atom stereocenters. The molecule has 0 saturated heterocycles. The number of allylic oxidation sites excluding steroid dienone is 2. The van der Waals surface area contributed by atoms with Gasteiger partial charge in [0.2, 0.25) is 0 Å². The molecule has 0 unspecified atom stereocenters. The number of nitrogens with zero attached hydrogens (tertiary/aromatic N) is 2. The average molecular weight is 407 g/mol. The molecule has 0 aliphatic carbocycles. The Bertz CT molecular complexity index is 945. The van der Waals surface area contributed by atoms with Gasteiger partial charge >= 0.3 is 0 Å². The first-order valence-electron chi connectivity index (χ1n) is 8.85. The molecular weight excluding hydrogens is 384 g/mol. The van der Waals surface area contributed by atoms with E-state index in [9.17, 15) is 5.26 Å². The van der Waals surface area contributed by atoms with E-state index < -0.39 is 0 Å². The summed E-state index contributed by atoms with van der Waals surface area (Å²) in [6, 6.07) is 16.7. The summed E-state index contributed by atoms with van der Waals surface area (Å²) in [5, 5.41) is 9.62. The third kappa shape index (κ3) is 3.48. The van der Waals surface area contributed by atoms with Gasteiger partial charge in [-0.3, -0.25) is 0 Å². The number of fused-ring (bicyclic) bond motifs is 1. The van der Waals surface area contributed by atoms with Crippen molar-refractivity contribution in [1.29, 1.82) is 5.26 Å². The van der Waals surface area contributed by atoms with Crippen molar-refractivity contribution in [3.05, 3.63) is 69.7 Å². The first-order chi connectivity index (χ1) is 12.4. The summed E-state index contributed by atoms with van der Waals surface area (Å²) >= 11 is 3.48. The maximum atomic E-state index is 9.62. The minimum Gasteiger partial charge on any atom is -0.363 e. The molecule has 132 valence electrons. The molecule has 3 rings (SSSR count). The molecular formula is C23H23BrN2. The number of anilines is 1. The molecule has 0 amide bonds. The first kappa shape index (κ1) is 18.5. The van der Waals surface area contributed by atoms with Crippen LogP contribution in [0.5, 0.6) is 0 Å². The van der Waals surface area contributed by atoms with E-state index in [4.69, 9.17) is 0 Å². The molecule has 2 aromatic rings. The second kappa shape index (κ2) is 7.13. The molecule has 1 aliphatic heterocycles. The lowest BCUT2D eigenvalue weighted by Gasteiger charge is -2.42. The molecule has 0 bridgehead atoms. The molecule has 0 radical (unpaired) electrons. The van der Waals surface area contributed by atoms with Gasteiger partial charge in [0.25, 0.3) is 0 Å². The Kier molecular flexibility index (Phi) is 5.07. The third-order valence-corrected chi connectivity index (χ3v) is 5.38. The fraction of sp³-hybridized carbons (Fsp3) is 0.261. The zero-order chi connectivity index (χ0) is 18.9. The SMILES string of the molecule is CCN1c2ccc(/C=C(\C#N)c3cccc(Br)c3)cc2C(C)=CC1(C)C. The van der Waals surface area contributed by atoms with Crippen molar-refractivity contribution < 1.29 is 0 Å². The summed E-state index contributed by atoms with van der Waals surface area (Å²) in [5.74, 6) is 0. The van der Waals surface area contributed by atoms with Gasteiger partial charge in [-0.05, 0) is 74.7 Å². The largest absolute Gasteiger partial charge is 0.363 e. The molecule has 1 heterocycles. The van der Waals surface area contributed by atoms with Crippen molar-refractivity contribution in [2.45, 2.75) is 33.2 Å². The van der Waals surface area contributed by atoms with Gasteiger partial charge in [-0.2, -0.15) is 5.26 Å². The zero-order valence-electron chi connectivity index (χ0n) is 15.7. The van der Waals surface area contributed by atoms with Crippen molar-refractivity contribution in [3.8, 4) is 6.07 Å². The summed E-state index contributed by atoms with van der Waals surface area (Å²) in [6.45, 7) is 9.81. The van der Waals surface area contributed by atoms with Gasteiger partial charge in [0.1, 0.15) is 0 Å². The summed E-state index contributed by atoms with van der Waals surface area (Å²) < 4.78 is 0.973. The molecule has 26 heavy (non-hydrogen) atoms. The van der Waals surface area contributed by atoms with Crippen molar-refractivity contribution in [1.82, 2.24) is 0 Å². The Morgan fingerprint density at radius 1 is 1.23 bits per heavy atom. The van der Waals surface area contributed by atoms with Gasteiger partial charge < -0.3 is 4.90 Å². The highest BCUT2D eigenvalue weighted by atomic mass is 79.9. The minimum atomic E-state index is 0.0112. The highest BCUT2D eigenvalue weighted by Crippen LogP contribution is 2.39. The Labute approximate surface area is 164 Å². The van der Waals surface area contributed by atoms with Crippen molar-refractivity contribution in [2.75, 3.05) is 11.4 Å². The normalized spacial score (nSPS) is 15.9. The molecule has 0 N–H and O–H groups in total. The van der Waals surface area contributed by atoms with E-state index in [0.717, 1.165) is 22.1 Å². The van der Waals surface area contributed by atoms with Crippen LogP contribution >= 0.6 is 15.9 Å². The maximum Gasteiger partial charge on any atom is 0.0998 e. The van der Waals surface area contributed by atoms with E-state index in [2.05, 4.69) is 78.9 Å². The first-order valence-corrected chi connectivity index (χ1v) is 9.64. The van der Waals surface area contributed by atoms with Gasteiger partial charge in [-0.1, -0.05) is 40.2 Å². The lowest BCUT2D eigenvalue weighted by molar-refractivity contribution is 0.566. The van der Waals surface area contributed by atoms with Crippen molar-refractivity contribution in [3.63, 3.8) is 0 Å². The van der Waals surface area contributed by atoms with Gasteiger partial charge in [-0.15, -0.1) is 0 Å². The van der Waals surface area contributed by atoms with Crippen LogP contribution in [0.15, 0.2) is 53.0 Å². The standard InChI is InChI=1S/C23H23BrN2/c1-5-26-22-10-9-17(12-21(22)16(2)14-23(26,3)4)11-19(15-25)18-7-6-8-20(24)13-18/h6-14H,5H2,1-4H3/b19-11+. The topological polar surface area (TPSA) is 27.0 Å². The van der Waals surface area contributed by atoms with Crippen molar-refractivity contribution >= 4 is 38.8 Å². The number of hydrogen-bond acceptors (Lipinski definition) is 2. The number of nitriles is 1. The maximum absolute atomic E-state index is 9.62. The molecule has 0 saturated carbocycles. The lowest BCUT2D eigenvalue weighted by Crippen LogP contribution is -2.44. The quantitative estimate of drug-likeness (QED) is 0.427. The zero-order valence-corrected chi connectivity index (χ0v) is 17.3. The molecule has 3 heteroatoms. The molecule has 1 aliphatic rings. The Morgan fingerprint density at radius 3 is 2.65 bits per heavy atom. The van der Waals surface area contributed by atoms with Gasteiger partial charge in [0.05, 0.1) is 17.2 Å².